The molecule has 0 aromatic carbocycles. The van der Waals surface area contributed by atoms with Crippen LogP contribution >= 0.6 is 11.3 Å². The SMILES string of the molecule is CCC(C)CN(C)S(=O)(=O)c1ccc(CNC2CC2)s1. The highest BCUT2D eigenvalue weighted by atomic mass is 32.2. The zero-order valence-electron chi connectivity index (χ0n) is 12.4. The van der Waals surface area contributed by atoms with Crippen LogP contribution < -0.4 is 5.32 Å². The molecule has 1 aromatic rings. The van der Waals surface area contributed by atoms with Crippen molar-refractivity contribution < 1.29 is 8.42 Å². The Labute approximate surface area is 126 Å². The smallest absolute Gasteiger partial charge is 0.252 e. The molecule has 1 heterocycles. The van der Waals surface area contributed by atoms with Crippen LogP contribution in [0.3, 0.4) is 0 Å². The van der Waals surface area contributed by atoms with Crippen LogP contribution in [0.25, 0.3) is 0 Å². The molecule has 0 spiro atoms. The van der Waals surface area contributed by atoms with Crippen LogP contribution in [0.5, 0.6) is 0 Å². The summed E-state index contributed by atoms with van der Waals surface area (Å²) in [5.41, 5.74) is 0. The van der Waals surface area contributed by atoms with Crippen molar-refractivity contribution in [2.75, 3.05) is 13.6 Å². The van der Waals surface area contributed by atoms with Crippen molar-refractivity contribution in [3.05, 3.63) is 17.0 Å². The lowest BCUT2D eigenvalue weighted by molar-refractivity contribution is 0.394. The van der Waals surface area contributed by atoms with Crippen LogP contribution in [0.15, 0.2) is 16.3 Å². The van der Waals surface area contributed by atoms with Gasteiger partial charge in [0.25, 0.3) is 10.0 Å². The van der Waals surface area contributed by atoms with Crippen LogP contribution in [0.1, 0.15) is 38.0 Å². The highest BCUT2D eigenvalue weighted by Crippen LogP contribution is 2.26. The third-order valence-electron chi connectivity index (χ3n) is 3.71. The van der Waals surface area contributed by atoms with Gasteiger partial charge in [0.2, 0.25) is 0 Å². The second-order valence-corrected chi connectivity index (χ2v) is 9.11. The molecule has 0 amide bonds. The van der Waals surface area contributed by atoms with Gasteiger partial charge in [0, 0.05) is 31.1 Å². The highest BCUT2D eigenvalue weighted by Gasteiger charge is 2.24. The molecule has 114 valence electrons. The molecular weight excluding hydrogens is 292 g/mol. The number of rotatable bonds is 8. The molecule has 1 aromatic heterocycles. The number of sulfonamides is 1. The fraction of sp³-hybridized carbons (Fsp3) is 0.714. The Morgan fingerprint density at radius 2 is 2.15 bits per heavy atom. The van der Waals surface area contributed by atoms with E-state index in [2.05, 4.69) is 19.2 Å². The molecule has 1 saturated carbocycles. The van der Waals surface area contributed by atoms with Crippen LogP contribution in [0.2, 0.25) is 0 Å². The minimum Gasteiger partial charge on any atom is -0.309 e. The highest BCUT2D eigenvalue weighted by molar-refractivity contribution is 7.91. The van der Waals surface area contributed by atoms with Gasteiger partial charge in [0.15, 0.2) is 0 Å². The third-order valence-corrected chi connectivity index (χ3v) is 7.09. The van der Waals surface area contributed by atoms with Crippen LogP contribution in [0.4, 0.5) is 0 Å². The van der Waals surface area contributed by atoms with Crippen molar-refractivity contribution in [1.82, 2.24) is 9.62 Å². The summed E-state index contributed by atoms with van der Waals surface area (Å²) in [5.74, 6) is 0.380. The normalized spacial score (nSPS) is 17.6. The molecule has 20 heavy (non-hydrogen) atoms. The largest absolute Gasteiger partial charge is 0.309 e. The Bertz CT molecular complexity index is 535. The summed E-state index contributed by atoms with van der Waals surface area (Å²) in [4.78, 5) is 1.09. The van der Waals surface area contributed by atoms with E-state index in [1.165, 1.54) is 28.5 Å². The van der Waals surface area contributed by atoms with Gasteiger partial charge >= 0.3 is 0 Å². The molecule has 6 heteroatoms. The van der Waals surface area contributed by atoms with Gasteiger partial charge < -0.3 is 5.32 Å². The minimum atomic E-state index is -3.32. The average molecular weight is 316 g/mol. The molecule has 1 fully saturated rings. The van der Waals surface area contributed by atoms with E-state index in [0.29, 0.717) is 22.7 Å². The molecule has 4 nitrogen and oxygen atoms in total. The number of hydrogen-bond acceptors (Lipinski definition) is 4. The quantitative estimate of drug-likeness (QED) is 0.802. The summed E-state index contributed by atoms with van der Waals surface area (Å²) in [6, 6.07) is 4.30. The van der Waals surface area contributed by atoms with Crippen LogP contribution in [-0.4, -0.2) is 32.4 Å². The maximum atomic E-state index is 12.5. The molecule has 1 aliphatic carbocycles. The van der Waals surface area contributed by atoms with Crippen LogP contribution in [-0.2, 0) is 16.6 Å². The van der Waals surface area contributed by atoms with E-state index >= 15 is 0 Å². The zero-order chi connectivity index (χ0) is 14.8. The van der Waals surface area contributed by atoms with Gasteiger partial charge in [-0.1, -0.05) is 20.3 Å². The lowest BCUT2D eigenvalue weighted by atomic mass is 10.1. The first-order valence-electron chi connectivity index (χ1n) is 7.22. The van der Waals surface area contributed by atoms with E-state index in [1.54, 1.807) is 13.1 Å². The lowest BCUT2D eigenvalue weighted by Crippen LogP contribution is -2.30. The molecule has 1 atom stereocenters. The summed E-state index contributed by atoms with van der Waals surface area (Å²) >= 11 is 1.38. The second-order valence-electron chi connectivity index (χ2n) is 5.67. The lowest BCUT2D eigenvalue weighted by Gasteiger charge is -2.19. The predicted octanol–water partition coefficient (Wildman–Crippen LogP) is 2.67. The van der Waals surface area contributed by atoms with Gasteiger partial charge in [0.1, 0.15) is 4.21 Å². The van der Waals surface area contributed by atoms with Crippen LogP contribution in [0, 0.1) is 5.92 Å². The number of nitrogens with zero attached hydrogens (tertiary/aromatic N) is 1. The summed E-state index contributed by atoms with van der Waals surface area (Å²) in [5, 5.41) is 3.41. The van der Waals surface area contributed by atoms with Gasteiger partial charge in [-0.15, -0.1) is 11.3 Å². The number of thiophene rings is 1. The Morgan fingerprint density at radius 1 is 1.45 bits per heavy atom. The van der Waals surface area contributed by atoms with Crippen molar-refractivity contribution in [2.24, 2.45) is 5.92 Å². The fourth-order valence-electron chi connectivity index (χ4n) is 1.94. The molecule has 0 radical (unpaired) electrons. The van der Waals surface area contributed by atoms with Gasteiger partial charge in [0.05, 0.1) is 0 Å². The minimum absolute atomic E-state index is 0.380. The van der Waals surface area contributed by atoms with Gasteiger partial charge in [-0.2, -0.15) is 4.31 Å². The maximum Gasteiger partial charge on any atom is 0.252 e. The summed E-state index contributed by atoms with van der Waals surface area (Å²) in [6.45, 7) is 5.51. The summed E-state index contributed by atoms with van der Waals surface area (Å²) < 4.78 is 26.9. The van der Waals surface area contributed by atoms with E-state index in [1.807, 2.05) is 6.07 Å². The molecule has 0 saturated heterocycles. The first-order valence-corrected chi connectivity index (χ1v) is 9.47. The van der Waals surface area contributed by atoms with Gasteiger partial charge in [-0.25, -0.2) is 8.42 Å². The topological polar surface area (TPSA) is 49.4 Å². The molecule has 1 N–H and O–H groups in total. The molecule has 1 aliphatic rings. The predicted molar refractivity (Wildman–Crippen MR) is 83.5 cm³/mol. The van der Waals surface area contributed by atoms with E-state index < -0.39 is 10.0 Å². The number of nitrogens with one attached hydrogen (secondary N) is 1. The molecular formula is C14H24N2O2S2. The molecule has 0 bridgehead atoms. The number of hydrogen-bond donors (Lipinski definition) is 1. The van der Waals surface area contributed by atoms with E-state index in [0.717, 1.165) is 17.8 Å². The molecule has 2 rings (SSSR count). The third kappa shape index (κ3) is 4.04. The monoisotopic (exact) mass is 316 g/mol. The first-order chi connectivity index (χ1) is 9.43. The van der Waals surface area contributed by atoms with Crippen molar-refractivity contribution in [2.45, 2.75) is 49.9 Å². The van der Waals surface area contributed by atoms with E-state index in [4.69, 9.17) is 0 Å². The summed E-state index contributed by atoms with van der Waals surface area (Å²) in [7, 11) is -1.65. The first kappa shape index (κ1) is 15.9. The van der Waals surface area contributed by atoms with Crippen molar-refractivity contribution in [1.29, 1.82) is 0 Å². The van der Waals surface area contributed by atoms with Gasteiger partial charge in [-0.3, -0.25) is 0 Å². The standard InChI is InChI=1S/C14H24N2O2S2/c1-4-11(2)10-16(3)20(17,18)14-8-7-13(19-14)9-15-12-5-6-12/h7-8,11-12,15H,4-6,9-10H2,1-3H3. The molecule has 0 aliphatic heterocycles. The fourth-order valence-corrected chi connectivity index (χ4v) is 4.75. The second kappa shape index (κ2) is 6.56. The van der Waals surface area contributed by atoms with Crippen molar-refractivity contribution in [3.63, 3.8) is 0 Å². The maximum absolute atomic E-state index is 12.5. The van der Waals surface area contributed by atoms with E-state index in [-0.39, 0.29) is 0 Å². The Kier molecular flexibility index (Phi) is 5.23. The van der Waals surface area contributed by atoms with Crippen molar-refractivity contribution in [3.8, 4) is 0 Å². The zero-order valence-corrected chi connectivity index (χ0v) is 14.1. The Hall–Kier alpha value is -0.430. The Morgan fingerprint density at radius 3 is 2.75 bits per heavy atom. The van der Waals surface area contributed by atoms with E-state index in [9.17, 15) is 8.42 Å². The average Bonchev–Trinajstić information content (AvgIpc) is 3.12. The molecule has 1 unspecified atom stereocenters. The van der Waals surface area contributed by atoms with Gasteiger partial charge in [-0.05, 0) is 30.9 Å². The summed E-state index contributed by atoms with van der Waals surface area (Å²) in [6.07, 6.45) is 3.48. The van der Waals surface area contributed by atoms with Crippen molar-refractivity contribution >= 4 is 21.4 Å². The Balaban J connectivity index is 2.00.